The second kappa shape index (κ2) is 8.81. The summed E-state index contributed by atoms with van der Waals surface area (Å²) in [6, 6.07) is 13.9. The number of amides is 1. The molecule has 128 valence electrons. The van der Waals surface area contributed by atoms with Gasteiger partial charge < -0.3 is 4.90 Å². The minimum absolute atomic E-state index is 0. The molecular weight excluding hydrogens is 322 g/mol. The van der Waals surface area contributed by atoms with Crippen molar-refractivity contribution in [3.63, 3.8) is 0 Å². The van der Waals surface area contributed by atoms with Gasteiger partial charge in [-0.05, 0) is 31.2 Å². The van der Waals surface area contributed by atoms with Gasteiger partial charge in [-0.25, -0.2) is 0 Å². The van der Waals surface area contributed by atoms with Crippen molar-refractivity contribution < 1.29 is 4.79 Å². The van der Waals surface area contributed by atoms with Crippen LogP contribution in [0, 0.1) is 6.92 Å². The maximum atomic E-state index is 12.5. The molecule has 1 saturated heterocycles. The van der Waals surface area contributed by atoms with Crippen molar-refractivity contribution in [2.45, 2.75) is 13.3 Å². The van der Waals surface area contributed by atoms with Gasteiger partial charge in [-0.2, -0.15) is 0 Å². The summed E-state index contributed by atoms with van der Waals surface area (Å²) < 4.78 is 0. The van der Waals surface area contributed by atoms with Gasteiger partial charge >= 0.3 is 0 Å². The summed E-state index contributed by atoms with van der Waals surface area (Å²) in [4.78, 5) is 21.2. The van der Waals surface area contributed by atoms with Crippen LogP contribution < -0.4 is 0 Å². The molecule has 0 aliphatic carbocycles. The Hall–Kier alpha value is -1.91. The van der Waals surface area contributed by atoms with Crippen LogP contribution in [0.2, 0.25) is 0 Å². The number of rotatable bonds is 4. The topological polar surface area (TPSA) is 36.4 Å². The third-order valence-electron chi connectivity index (χ3n) is 4.37. The lowest BCUT2D eigenvalue weighted by Gasteiger charge is -2.34. The first kappa shape index (κ1) is 18.4. The number of carbonyl (C=O) groups is 1. The first-order chi connectivity index (χ1) is 11.2. The standard InChI is InChI=1S/C19H23N3O.ClH/c1-16-5-7-17(8-6-16)19(23)22-14-12-21(13-15-22)11-9-18-4-2-3-10-20-18;/h2-8,10H,9,11-15H2,1H3;1H. The molecule has 24 heavy (non-hydrogen) atoms. The Balaban J connectivity index is 0.00000208. The number of aromatic nitrogens is 1. The van der Waals surface area contributed by atoms with Crippen molar-refractivity contribution in [1.82, 2.24) is 14.8 Å². The van der Waals surface area contributed by atoms with Crippen LogP contribution in [0.5, 0.6) is 0 Å². The van der Waals surface area contributed by atoms with Crippen LogP contribution in [0.3, 0.4) is 0 Å². The molecule has 0 bridgehead atoms. The molecule has 5 heteroatoms. The Morgan fingerprint density at radius 1 is 1.04 bits per heavy atom. The monoisotopic (exact) mass is 345 g/mol. The average Bonchev–Trinajstić information content (AvgIpc) is 2.61. The third kappa shape index (κ3) is 4.79. The van der Waals surface area contributed by atoms with Crippen LogP contribution in [-0.2, 0) is 6.42 Å². The average molecular weight is 346 g/mol. The highest BCUT2D eigenvalue weighted by molar-refractivity contribution is 5.94. The number of halogens is 1. The summed E-state index contributed by atoms with van der Waals surface area (Å²) in [5.41, 5.74) is 3.10. The van der Waals surface area contributed by atoms with Gasteiger partial charge in [0.25, 0.3) is 5.91 Å². The Morgan fingerprint density at radius 3 is 2.38 bits per heavy atom. The summed E-state index contributed by atoms with van der Waals surface area (Å²) in [5, 5.41) is 0. The molecule has 1 aromatic carbocycles. The quantitative estimate of drug-likeness (QED) is 0.855. The first-order valence-corrected chi connectivity index (χ1v) is 8.20. The van der Waals surface area contributed by atoms with E-state index in [0.717, 1.165) is 50.4 Å². The van der Waals surface area contributed by atoms with Gasteiger partial charge in [-0.1, -0.05) is 23.8 Å². The van der Waals surface area contributed by atoms with Gasteiger partial charge in [0.2, 0.25) is 0 Å². The van der Waals surface area contributed by atoms with Gasteiger partial charge in [-0.3, -0.25) is 14.7 Å². The zero-order valence-corrected chi connectivity index (χ0v) is 14.8. The van der Waals surface area contributed by atoms with E-state index in [1.165, 1.54) is 5.56 Å². The smallest absolute Gasteiger partial charge is 0.253 e. The molecule has 1 fully saturated rings. The second-order valence-electron chi connectivity index (χ2n) is 6.07. The van der Waals surface area contributed by atoms with E-state index in [4.69, 9.17) is 0 Å². The fraction of sp³-hybridized carbons (Fsp3) is 0.368. The molecule has 0 atom stereocenters. The molecule has 1 amide bonds. The first-order valence-electron chi connectivity index (χ1n) is 8.20. The van der Waals surface area contributed by atoms with Crippen LogP contribution in [-0.4, -0.2) is 53.4 Å². The second-order valence-corrected chi connectivity index (χ2v) is 6.07. The molecule has 0 unspecified atom stereocenters. The van der Waals surface area contributed by atoms with E-state index in [-0.39, 0.29) is 18.3 Å². The molecule has 4 nitrogen and oxygen atoms in total. The van der Waals surface area contributed by atoms with E-state index < -0.39 is 0 Å². The van der Waals surface area contributed by atoms with Crippen molar-refractivity contribution in [3.8, 4) is 0 Å². The minimum Gasteiger partial charge on any atom is -0.336 e. The maximum absolute atomic E-state index is 12.5. The number of hydrogen-bond donors (Lipinski definition) is 0. The van der Waals surface area contributed by atoms with E-state index in [0.29, 0.717) is 0 Å². The zero-order valence-electron chi connectivity index (χ0n) is 14.0. The van der Waals surface area contributed by atoms with Gasteiger partial charge in [0, 0.05) is 56.6 Å². The largest absolute Gasteiger partial charge is 0.336 e. The van der Waals surface area contributed by atoms with Crippen molar-refractivity contribution in [1.29, 1.82) is 0 Å². The van der Waals surface area contributed by atoms with Gasteiger partial charge in [0.15, 0.2) is 0 Å². The number of carbonyl (C=O) groups excluding carboxylic acids is 1. The number of pyridine rings is 1. The molecule has 1 aromatic heterocycles. The van der Waals surface area contributed by atoms with Gasteiger partial charge in [0.05, 0.1) is 0 Å². The lowest BCUT2D eigenvalue weighted by atomic mass is 10.1. The summed E-state index contributed by atoms with van der Waals surface area (Å²) in [6.07, 6.45) is 2.81. The molecular formula is C19H24ClN3O. The highest BCUT2D eigenvalue weighted by Gasteiger charge is 2.21. The summed E-state index contributed by atoms with van der Waals surface area (Å²) in [7, 11) is 0. The Labute approximate surface area is 149 Å². The van der Waals surface area contributed by atoms with E-state index in [9.17, 15) is 4.79 Å². The lowest BCUT2D eigenvalue weighted by Crippen LogP contribution is -2.49. The van der Waals surface area contributed by atoms with Crippen molar-refractivity contribution in [2.24, 2.45) is 0 Å². The number of aryl methyl sites for hydroxylation is 1. The van der Waals surface area contributed by atoms with E-state index in [2.05, 4.69) is 16.0 Å². The summed E-state index contributed by atoms with van der Waals surface area (Å²) in [6.45, 7) is 6.51. The van der Waals surface area contributed by atoms with Crippen molar-refractivity contribution in [3.05, 3.63) is 65.5 Å². The normalized spacial score (nSPS) is 15.0. The summed E-state index contributed by atoms with van der Waals surface area (Å²) in [5.74, 6) is 0.148. The zero-order chi connectivity index (χ0) is 16.1. The Kier molecular flexibility index (Phi) is 6.76. The Morgan fingerprint density at radius 2 is 1.75 bits per heavy atom. The van der Waals surface area contributed by atoms with Gasteiger partial charge in [-0.15, -0.1) is 12.4 Å². The van der Waals surface area contributed by atoms with E-state index >= 15 is 0 Å². The fourth-order valence-corrected chi connectivity index (χ4v) is 2.87. The molecule has 3 rings (SSSR count). The third-order valence-corrected chi connectivity index (χ3v) is 4.37. The highest BCUT2D eigenvalue weighted by atomic mass is 35.5. The van der Waals surface area contributed by atoms with Crippen molar-refractivity contribution in [2.75, 3.05) is 32.7 Å². The number of hydrogen-bond acceptors (Lipinski definition) is 3. The molecule has 2 aromatic rings. The van der Waals surface area contributed by atoms with Crippen LogP contribution in [0.25, 0.3) is 0 Å². The van der Waals surface area contributed by atoms with Crippen LogP contribution in [0.15, 0.2) is 48.7 Å². The lowest BCUT2D eigenvalue weighted by molar-refractivity contribution is 0.0638. The van der Waals surface area contributed by atoms with Crippen LogP contribution in [0.1, 0.15) is 21.6 Å². The molecule has 1 aliphatic rings. The van der Waals surface area contributed by atoms with E-state index in [1.54, 1.807) is 0 Å². The Bertz CT molecular complexity index is 637. The molecule has 0 N–H and O–H groups in total. The number of nitrogens with zero attached hydrogens (tertiary/aromatic N) is 3. The number of piperazine rings is 1. The highest BCUT2D eigenvalue weighted by Crippen LogP contribution is 2.10. The molecule has 0 radical (unpaired) electrons. The van der Waals surface area contributed by atoms with Crippen LogP contribution >= 0.6 is 12.4 Å². The molecule has 2 heterocycles. The van der Waals surface area contributed by atoms with Gasteiger partial charge in [0.1, 0.15) is 0 Å². The predicted molar refractivity (Wildman–Crippen MR) is 98.7 cm³/mol. The number of benzene rings is 1. The van der Waals surface area contributed by atoms with Crippen molar-refractivity contribution >= 4 is 18.3 Å². The van der Waals surface area contributed by atoms with E-state index in [1.807, 2.05) is 54.4 Å². The van der Waals surface area contributed by atoms with Crippen LogP contribution in [0.4, 0.5) is 0 Å². The fourth-order valence-electron chi connectivity index (χ4n) is 2.87. The minimum atomic E-state index is 0. The summed E-state index contributed by atoms with van der Waals surface area (Å²) >= 11 is 0. The predicted octanol–water partition coefficient (Wildman–Crippen LogP) is 2.81. The molecule has 0 saturated carbocycles. The SMILES string of the molecule is Cc1ccc(C(=O)N2CCN(CCc3ccccn3)CC2)cc1.Cl. The molecule has 1 aliphatic heterocycles. The molecule has 0 spiro atoms. The maximum Gasteiger partial charge on any atom is 0.253 e.